The zero-order valence-electron chi connectivity index (χ0n) is 11.9. The van der Waals surface area contributed by atoms with Crippen LogP contribution in [0.3, 0.4) is 0 Å². The van der Waals surface area contributed by atoms with E-state index >= 15 is 0 Å². The topological polar surface area (TPSA) is 55.8 Å². The van der Waals surface area contributed by atoms with E-state index in [0.29, 0.717) is 28.9 Å². The summed E-state index contributed by atoms with van der Waals surface area (Å²) in [5.41, 5.74) is 0. The Morgan fingerprint density at radius 3 is 2.57 bits per heavy atom. The third kappa shape index (κ3) is 5.81. The fraction of sp³-hybridized carbons (Fsp3) is 0.429. The zero-order valence-corrected chi connectivity index (χ0v) is 13.4. The van der Waals surface area contributed by atoms with Crippen LogP contribution >= 0.6 is 23.2 Å². The number of hydrogen-bond acceptors (Lipinski definition) is 4. The van der Waals surface area contributed by atoms with Crippen LogP contribution in [0.5, 0.6) is 5.75 Å². The summed E-state index contributed by atoms with van der Waals surface area (Å²) in [6, 6.07) is 4.77. The second kappa shape index (κ2) is 8.74. The van der Waals surface area contributed by atoms with Gasteiger partial charge in [-0.15, -0.1) is 0 Å². The Bertz CT molecular complexity index is 508. The number of carbonyl (C=O) groups excluding carboxylic acids is 2. The molecule has 116 valence electrons. The van der Waals surface area contributed by atoms with Crippen molar-refractivity contribution in [2.24, 2.45) is 0 Å². The zero-order chi connectivity index (χ0) is 15.8. The molecule has 0 N–H and O–H groups in total. The van der Waals surface area contributed by atoms with Crippen molar-refractivity contribution >= 4 is 35.1 Å². The van der Waals surface area contributed by atoms with Gasteiger partial charge in [-0.1, -0.05) is 23.2 Å². The predicted octanol–water partition coefficient (Wildman–Crippen LogP) is 2.78. The molecule has 0 heterocycles. The number of likely N-dealkylation sites (N-methyl/N-ethyl adjacent to an activating group) is 1. The maximum Gasteiger partial charge on any atom is 0.307 e. The SMILES string of the molecule is CCN(CCC(=O)OC)C(=O)COc1ccc(Cl)cc1Cl. The van der Waals surface area contributed by atoms with Gasteiger partial charge in [0.05, 0.1) is 18.6 Å². The molecule has 1 amide bonds. The largest absolute Gasteiger partial charge is 0.482 e. The summed E-state index contributed by atoms with van der Waals surface area (Å²) < 4.78 is 9.91. The molecule has 0 unspecified atom stereocenters. The minimum Gasteiger partial charge on any atom is -0.482 e. The molecule has 0 fully saturated rings. The summed E-state index contributed by atoms with van der Waals surface area (Å²) >= 11 is 11.7. The van der Waals surface area contributed by atoms with Crippen LogP contribution in [0.1, 0.15) is 13.3 Å². The number of carbonyl (C=O) groups is 2. The number of ether oxygens (including phenoxy) is 2. The van der Waals surface area contributed by atoms with E-state index in [9.17, 15) is 9.59 Å². The summed E-state index contributed by atoms with van der Waals surface area (Å²) in [5, 5.41) is 0.833. The molecule has 5 nitrogen and oxygen atoms in total. The number of hydrogen-bond donors (Lipinski definition) is 0. The molecule has 0 aliphatic carbocycles. The average Bonchev–Trinajstić information content (AvgIpc) is 2.46. The summed E-state index contributed by atoms with van der Waals surface area (Å²) in [5.74, 6) is -0.200. The molecule has 1 aromatic rings. The summed E-state index contributed by atoms with van der Waals surface area (Å²) in [6.07, 6.45) is 0.151. The minimum absolute atomic E-state index is 0.151. The van der Waals surface area contributed by atoms with Crippen LogP contribution in [0, 0.1) is 0 Å². The van der Waals surface area contributed by atoms with Crippen molar-refractivity contribution < 1.29 is 19.1 Å². The van der Waals surface area contributed by atoms with Crippen LogP contribution in [0.25, 0.3) is 0 Å². The Morgan fingerprint density at radius 2 is 2.00 bits per heavy atom. The highest BCUT2D eigenvalue weighted by atomic mass is 35.5. The van der Waals surface area contributed by atoms with Gasteiger partial charge in [0.2, 0.25) is 0 Å². The van der Waals surface area contributed by atoms with Gasteiger partial charge in [-0.2, -0.15) is 0 Å². The van der Waals surface area contributed by atoms with E-state index in [1.165, 1.54) is 18.1 Å². The molecule has 0 bridgehead atoms. The molecule has 0 radical (unpaired) electrons. The maximum absolute atomic E-state index is 12.0. The molecule has 0 aromatic heterocycles. The molecule has 0 spiro atoms. The molecule has 1 aromatic carbocycles. The Labute approximate surface area is 133 Å². The number of halogens is 2. The highest BCUT2D eigenvalue weighted by Gasteiger charge is 2.15. The van der Waals surface area contributed by atoms with E-state index in [0.717, 1.165) is 0 Å². The van der Waals surface area contributed by atoms with Crippen LogP contribution < -0.4 is 4.74 Å². The molecule has 1 rings (SSSR count). The van der Waals surface area contributed by atoms with Gasteiger partial charge < -0.3 is 14.4 Å². The fourth-order valence-corrected chi connectivity index (χ4v) is 2.07. The van der Waals surface area contributed by atoms with E-state index < -0.39 is 0 Å². The van der Waals surface area contributed by atoms with E-state index in [1.54, 1.807) is 12.1 Å². The van der Waals surface area contributed by atoms with Gasteiger partial charge in [0.15, 0.2) is 6.61 Å². The summed E-state index contributed by atoms with van der Waals surface area (Å²) in [6.45, 7) is 2.44. The van der Waals surface area contributed by atoms with E-state index in [2.05, 4.69) is 4.74 Å². The van der Waals surface area contributed by atoms with Gasteiger partial charge in [-0.3, -0.25) is 9.59 Å². The third-order valence-corrected chi connectivity index (χ3v) is 3.32. The van der Waals surface area contributed by atoms with Crippen molar-refractivity contribution in [3.63, 3.8) is 0 Å². The summed E-state index contributed by atoms with van der Waals surface area (Å²) in [4.78, 5) is 24.6. The quantitative estimate of drug-likeness (QED) is 0.720. The smallest absolute Gasteiger partial charge is 0.307 e. The number of rotatable bonds is 7. The van der Waals surface area contributed by atoms with Gasteiger partial charge in [0, 0.05) is 18.1 Å². The normalized spacial score (nSPS) is 10.1. The second-order valence-electron chi connectivity index (χ2n) is 4.16. The first kappa shape index (κ1) is 17.6. The van der Waals surface area contributed by atoms with Crippen molar-refractivity contribution in [2.75, 3.05) is 26.8 Å². The Balaban J connectivity index is 2.52. The lowest BCUT2D eigenvalue weighted by Gasteiger charge is -2.20. The third-order valence-electron chi connectivity index (χ3n) is 2.79. The van der Waals surface area contributed by atoms with Crippen LogP contribution in [0.4, 0.5) is 0 Å². The fourth-order valence-electron chi connectivity index (χ4n) is 1.61. The average molecular weight is 334 g/mol. The van der Waals surface area contributed by atoms with Crippen molar-refractivity contribution in [2.45, 2.75) is 13.3 Å². The standard InChI is InChI=1S/C14H17Cl2NO4/c1-3-17(7-6-14(19)20-2)13(18)9-21-12-5-4-10(15)8-11(12)16/h4-5,8H,3,6-7,9H2,1-2H3. The van der Waals surface area contributed by atoms with E-state index in [-0.39, 0.29) is 24.9 Å². The molecule has 7 heteroatoms. The van der Waals surface area contributed by atoms with Gasteiger partial charge in [-0.25, -0.2) is 0 Å². The molecule has 0 aliphatic rings. The van der Waals surface area contributed by atoms with Gasteiger partial charge in [0.25, 0.3) is 5.91 Å². The number of methoxy groups -OCH3 is 1. The van der Waals surface area contributed by atoms with Crippen LogP contribution in [-0.4, -0.2) is 43.6 Å². The van der Waals surface area contributed by atoms with Gasteiger partial charge in [0.1, 0.15) is 5.75 Å². The number of esters is 1. The monoisotopic (exact) mass is 333 g/mol. The van der Waals surface area contributed by atoms with Gasteiger partial charge in [-0.05, 0) is 25.1 Å². The van der Waals surface area contributed by atoms with Crippen molar-refractivity contribution in [1.82, 2.24) is 4.90 Å². The maximum atomic E-state index is 12.0. The van der Waals surface area contributed by atoms with Crippen molar-refractivity contribution in [3.8, 4) is 5.75 Å². The van der Waals surface area contributed by atoms with Crippen LogP contribution in [0.15, 0.2) is 18.2 Å². The lowest BCUT2D eigenvalue weighted by molar-refractivity contribution is -0.142. The molecule has 0 aliphatic heterocycles. The first-order chi connectivity index (χ1) is 9.97. The van der Waals surface area contributed by atoms with Crippen LogP contribution in [-0.2, 0) is 14.3 Å². The van der Waals surface area contributed by atoms with Crippen LogP contribution in [0.2, 0.25) is 10.0 Å². The van der Waals surface area contributed by atoms with E-state index in [4.69, 9.17) is 27.9 Å². The molecular weight excluding hydrogens is 317 g/mol. The lowest BCUT2D eigenvalue weighted by atomic mass is 10.3. The lowest BCUT2D eigenvalue weighted by Crippen LogP contribution is -2.36. The number of amides is 1. The molecule has 0 saturated carbocycles. The Morgan fingerprint density at radius 1 is 1.29 bits per heavy atom. The minimum atomic E-state index is -0.358. The number of nitrogens with zero attached hydrogens (tertiary/aromatic N) is 1. The van der Waals surface area contributed by atoms with Crippen molar-refractivity contribution in [3.05, 3.63) is 28.2 Å². The first-order valence-electron chi connectivity index (χ1n) is 6.40. The number of benzene rings is 1. The second-order valence-corrected chi connectivity index (χ2v) is 5.01. The Kier molecular flexibility index (Phi) is 7.32. The van der Waals surface area contributed by atoms with Gasteiger partial charge >= 0.3 is 5.97 Å². The molecule has 0 atom stereocenters. The molecule has 0 saturated heterocycles. The van der Waals surface area contributed by atoms with Crippen molar-refractivity contribution in [1.29, 1.82) is 0 Å². The predicted molar refractivity (Wildman–Crippen MR) is 80.8 cm³/mol. The summed E-state index contributed by atoms with van der Waals surface area (Å²) in [7, 11) is 1.31. The van der Waals surface area contributed by atoms with E-state index in [1.807, 2.05) is 6.92 Å². The highest BCUT2D eigenvalue weighted by molar-refractivity contribution is 6.35. The highest BCUT2D eigenvalue weighted by Crippen LogP contribution is 2.27. The Hall–Kier alpha value is -1.46. The molecule has 21 heavy (non-hydrogen) atoms. The first-order valence-corrected chi connectivity index (χ1v) is 7.16. The molecular formula is C14H17Cl2NO4.